The maximum atomic E-state index is 12.6. The van der Waals surface area contributed by atoms with Crippen molar-refractivity contribution >= 4 is 40.1 Å². The molecular weight excluding hydrogens is 382 g/mol. The summed E-state index contributed by atoms with van der Waals surface area (Å²) in [6, 6.07) is 13.9. The Hall–Kier alpha value is -2.83. The van der Waals surface area contributed by atoms with Gasteiger partial charge >= 0.3 is 5.97 Å². The molecule has 3 aromatic rings. The summed E-state index contributed by atoms with van der Waals surface area (Å²) in [4.78, 5) is 25.0. The maximum absolute atomic E-state index is 12.6. The first-order valence-electron chi connectivity index (χ1n) is 8.85. The van der Waals surface area contributed by atoms with Crippen LogP contribution in [-0.4, -0.2) is 24.6 Å². The molecular formula is C21H20ClNO5. The van der Waals surface area contributed by atoms with E-state index in [4.69, 9.17) is 25.5 Å². The second kappa shape index (κ2) is 8.91. The molecule has 0 aliphatic rings. The van der Waals surface area contributed by atoms with Crippen LogP contribution >= 0.6 is 11.6 Å². The lowest BCUT2D eigenvalue weighted by Gasteiger charge is -2.13. The van der Waals surface area contributed by atoms with Gasteiger partial charge in [-0.2, -0.15) is 0 Å². The Morgan fingerprint density at radius 3 is 2.57 bits per heavy atom. The molecule has 7 heteroatoms. The van der Waals surface area contributed by atoms with E-state index in [0.29, 0.717) is 28.5 Å². The van der Waals surface area contributed by atoms with Crippen molar-refractivity contribution in [1.82, 2.24) is 0 Å². The van der Waals surface area contributed by atoms with Gasteiger partial charge in [0.05, 0.1) is 6.61 Å². The molecule has 1 amide bonds. The molecule has 1 N–H and O–H groups in total. The smallest absolute Gasteiger partial charge is 0.375 e. The van der Waals surface area contributed by atoms with Gasteiger partial charge in [-0.1, -0.05) is 29.8 Å². The normalized spacial score (nSPS) is 12.0. The number of anilines is 1. The fourth-order valence-electron chi connectivity index (χ4n) is 2.66. The molecule has 2 aromatic carbocycles. The molecule has 0 fully saturated rings. The maximum Gasteiger partial charge on any atom is 0.375 e. The molecule has 1 atom stereocenters. The van der Waals surface area contributed by atoms with Crippen LogP contribution in [0.1, 0.15) is 30.0 Å². The number of amides is 1. The zero-order valence-electron chi connectivity index (χ0n) is 15.5. The predicted octanol–water partition coefficient (Wildman–Crippen LogP) is 4.81. The van der Waals surface area contributed by atoms with Crippen LogP contribution in [0.3, 0.4) is 0 Å². The van der Waals surface area contributed by atoms with Crippen molar-refractivity contribution in [1.29, 1.82) is 0 Å². The molecule has 6 nitrogen and oxygen atoms in total. The van der Waals surface area contributed by atoms with Crippen LogP contribution < -0.4 is 5.32 Å². The number of nitrogens with one attached hydrogen (secondary N) is 1. The van der Waals surface area contributed by atoms with Crippen LogP contribution in [0.2, 0.25) is 5.02 Å². The Bertz CT molecular complexity index is 980. The molecule has 0 saturated heterocycles. The highest BCUT2D eigenvalue weighted by atomic mass is 35.5. The minimum absolute atomic E-state index is 0.0424. The van der Waals surface area contributed by atoms with Crippen LogP contribution in [0.25, 0.3) is 11.0 Å². The molecule has 0 radical (unpaired) electrons. The van der Waals surface area contributed by atoms with Gasteiger partial charge in [-0.15, -0.1) is 0 Å². The van der Waals surface area contributed by atoms with Crippen molar-refractivity contribution in [2.75, 3.05) is 11.9 Å². The molecule has 0 saturated carbocycles. The number of hydrogen-bond acceptors (Lipinski definition) is 5. The number of rotatable bonds is 7. The van der Waals surface area contributed by atoms with Crippen molar-refractivity contribution in [3.63, 3.8) is 0 Å². The summed E-state index contributed by atoms with van der Waals surface area (Å²) in [6.07, 6.45) is -1.02. The average Bonchev–Trinajstić information content (AvgIpc) is 3.06. The average molecular weight is 402 g/mol. The van der Waals surface area contributed by atoms with Crippen LogP contribution in [0, 0.1) is 0 Å². The van der Waals surface area contributed by atoms with E-state index < -0.39 is 18.0 Å². The summed E-state index contributed by atoms with van der Waals surface area (Å²) < 4.78 is 16.4. The third kappa shape index (κ3) is 4.52. The number of hydrogen-bond donors (Lipinski definition) is 1. The lowest BCUT2D eigenvalue weighted by atomic mass is 10.1. The van der Waals surface area contributed by atoms with E-state index in [9.17, 15) is 9.59 Å². The number of halogens is 1. The van der Waals surface area contributed by atoms with E-state index in [2.05, 4.69) is 5.32 Å². The summed E-state index contributed by atoms with van der Waals surface area (Å²) in [7, 11) is 0. The highest BCUT2D eigenvalue weighted by Crippen LogP contribution is 2.27. The molecule has 0 aliphatic carbocycles. The molecule has 146 valence electrons. The quantitative estimate of drug-likeness (QED) is 0.575. The third-order valence-corrected chi connectivity index (χ3v) is 4.35. The first-order valence-corrected chi connectivity index (χ1v) is 9.23. The van der Waals surface area contributed by atoms with Gasteiger partial charge in [0.1, 0.15) is 5.58 Å². The van der Waals surface area contributed by atoms with Crippen molar-refractivity contribution in [2.24, 2.45) is 0 Å². The Labute approximate surface area is 167 Å². The summed E-state index contributed by atoms with van der Waals surface area (Å²) in [6.45, 7) is 4.06. The molecule has 0 unspecified atom stereocenters. The lowest BCUT2D eigenvalue weighted by Crippen LogP contribution is -2.30. The topological polar surface area (TPSA) is 77.8 Å². The predicted molar refractivity (Wildman–Crippen MR) is 107 cm³/mol. The van der Waals surface area contributed by atoms with E-state index in [1.807, 2.05) is 25.1 Å². The number of carbonyl (C=O) groups excluding carboxylic acids is 2. The Balaban J connectivity index is 1.74. The fraction of sp³-hybridized carbons (Fsp3) is 0.238. The van der Waals surface area contributed by atoms with E-state index in [1.165, 1.54) is 6.92 Å². The van der Waals surface area contributed by atoms with Crippen molar-refractivity contribution in [2.45, 2.75) is 26.6 Å². The van der Waals surface area contributed by atoms with Gasteiger partial charge in [-0.05, 0) is 44.2 Å². The van der Waals surface area contributed by atoms with Crippen LogP contribution in [0.5, 0.6) is 0 Å². The van der Waals surface area contributed by atoms with Gasteiger partial charge in [0, 0.05) is 28.3 Å². The number of para-hydroxylation sites is 1. The van der Waals surface area contributed by atoms with Crippen LogP contribution in [0.4, 0.5) is 5.69 Å². The minimum atomic E-state index is -1.02. The van der Waals surface area contributed by atoms with Crippen LogP contribution in [-0.2, 0) is 20.9 Å². The number of ether oxygens (including phenoxy) is 2. The van der Waals surface area contributed by atoms with E-state index in [1.54, 1.807) is 30.3 Å². The molecule has 1 heterocycles. The lowest BCUT2D eigenvalue weighted by molar-refractivity contribution is -0.123. The number of benzene rings is 2. The van der Waals surface area contributed by atoms with Crippen molar-refractivity contribution in [3.8, 4) is 0 Å². The summed E-state index contributed by atoms with van der Waals surface area (Å²) in [5, 5.41) is 4.01. The number of esters is 1. The summed E-state index contributed by atoms with van der Waals surface area (Å²) in [5.41, 5.74) is 1.72. The Morgan fingerprint density at radius 2 is 1.86 bits per heavy atom. The number of furan rings is 1. The zero-order valence-corrected chi connectivity index (χ0v) is 16.3. The highest BCUT2D eigenvalue weighted by molar-refractivity contribution is 6.30. The largest absolute Gasteiger partial charge is 0.449 e. The highest BCUT2D eigenvalue weighted by Gasteiger charge is 2.26. The second-order valence-electron chi connectivity index (χ2n) is 6.09. The summed E-state index contributed by atoms with van der Waals surface area (Å²) >= 11 is 5.83. The fourth-order valence-corrected chi connectivity index (χ4v) is 2.78. The second-order valence-corrected chi connectivity index (χ2v) is 6.52. The van der Waals surface area contributed by atoms with Gasteiger partial charge in [0.2, 0.25) is 5.76 Å². The van der Waals surface area contributed by atoms with E-state index in [0.717, 1.165) is 5.39 Å². The first kappa shape index (κ1) is 19.9. The van der Waals surface area contributed by atoms with Gasteiger partial charge in [0.25, 0.3) is 5.91 Å². The first-order chi connectivity index (χ1) is 13.5. The molecule has 0 bridgehead atoms. The summed E-state index contributed by atoms with van der Waals surface area (Å²) in [5.74, 6) is -1.14. The SMILES string of the molecule is CCOCc1c(C(=O)O[C@H](C)C(=O)Nc2ccc(Cl)cc2)oc2ccccc12. The van der Waals surface area contributed by atoms with Crippen molar-refractivity contribution in [3.05, 3.63) is 64.9 Å². The van der Waals surface area contributed by atoms with E-state index >= 15 is 0 Å². The molecule has 28 heavy (non-hydrogen) atoms. The Morgan fingerprint density at radius 1 is 1.14 bits per heavy atom. The molecule has 3 rings (SSSR count). The minimum Gasteiger partial charge on any atom is -0.449 e. The molecule has 0 spiro atoms. The molecule has 1 aromatic heterocycles. The monoisotopic (exact) mass is 401 g/mol. The third-order valence-electron chi connectivity index (χ3n) is 4.10. The van der Waals surface area contributed by atoms with Crippen molar-refractivity contribution < 1.29 is 23.5 Å². The van der Waals surface area contributed by atoms with Gasteiger partial charge in [0.15, 0.2) is 6.10 Å². The van der Waals surface area contributed by atoms with Gasteiger partial charge in [-0.3, -0.25) is 4.79 Å². The number of carbonyl (C=O) groups is 2. The standard InChI is InChI=1S/C21H20ClNO5/c1-3-26-12-17-16-6-4-5-7-18(16)28-19(17)21(25)27-13(2)20(24)23-15-10-8-14(22)9-11-15/h4-11,13H,3,12H2,1-2H3,(H,23,24)/t13-/m1/s1. The number of fused-ring (bicyclic) bond motifs is 1. The van der Waals surface area contributed by atoms with E-state index in [-0.39, 0.29) is 12.4 Å². The zero-order chi connectivity index (χ0) is 20.1. The van der Waals surface area contributed by atoms with Gasteiger partial charge < -0.3 is 19.2 Å². The van der Waals surface area contributed by atoms with Gasteiger partial charge in [-0.25, -0.2) is 4.79 Å². The molecule has 0 aliphatic heterocycles. The Kier molecular flexibility index (Phi) is 6.34. The van der Waals surface area contributed by atoms with Crippen LogP contribution in [0.15, 0.2) is 52.9 Å².